The van der Waals surface area contributed by atoms with Crippen LogP contribution in [0.4, 0.5) is 0 Å². The third kappa shape index (κ3) is 3.30. The number of ketones is 1. The van der Waals surface area contributed by atoms with Gasteiger partial charge in [0.05, 0.1) is 12.7 Å². The van der Waals surface area contributed by atoms with Crippen molar-refractivity contribution in [2.75, 3.05) is 19.8 Å². The number of Topliss-reactive ketones (excluding diaryl/α,β-unsaturated/α-hetero) is 1. The molecule has 70 valence electrons. The lowest BCUT2D eigenvalue weighted by molar-refractivity contribution is -0.175. The quantitative estimate of drug-likeness (QED) is 0.606. The standard InChI is InChI=1S/C8H14O4/c1-6(2)12-8-5-10-3-7(9)4-11-8/h6,8H,3-5H2,1-2H3. The fourth-order valence-corrected chi connectivity index (χ4v) is 0.927. The van der Waals surface area contributed by atoms with Gasteiger partial charge in [-0.2, -0.15) is 0 Å². The number of carbonyl (C=O) groups excluding carboxylic acids is 1. The van der Waals surface area contributed by atoms with Gasteiger partial charge in [-0.3, -0.25) is 4.79 Å². The number of hydrogen-bond acceptors (Lipinski definition) is 4. The molecule has 0 N–H and O–H groups in total. The van der Waals surface area contributed by atoms with Crippen LogP contribution < -0.4 is 0 Å². The van der Waals surface area contributed by atoms with Crippen molar-refractivity contribution in [3.63, 3.8) is 0 Å². The number of carbonyl (C=O) groups is 1. The summed E-state index contributed by atoms with van der Waals surface area (Å²) < 4.78 is 15.5. The van der Waals surface area contributed by atoms with E-state index < -0.39 is 6.29 Å². The predicted molar refractivity (Wildman–Crippen MR) is 41.8 cm³/mol. The van der Waals surface area contributed by atoms with Crippen LogP contribution >= 0.6 is 0 Å². The maximum absolute atomic E-state index is 10.8. The average molecular weight is 174 g/mol. The second kappa shape index (κ2) is 4.54. The zero-order valence-corrected chi connectivity index (χ0v) is 7.41. The van der Waals surface area contributed by atoms with Crippen molar-refractivity contribution >= 4 is 5.78 Å². The Morgan fingerprint density at radius 2 is 2.25 bits per heavy atom. The lowest BCUT2D eigenvalue weighted by Gasteiger charge is -2.17. The Hall–Kier alpha value is -0.450. The molecule has 1 aliphatic heterocycles. The van der Waals surface area contributed by atoms with E-state index in [1.807, 2.05) is 13.8 Å². The maximum atomic E-state index is 10.8. The van der Waals surface area contributed by atoms with Crippen LogP contribution in [-0.4, -0.2) is 38.0 Å². The fourth-order valence-electron chi connectivity index (χ4n) is 0.927. The van der Waals surface area contributed by atoms with Crippen LogP contribution in [0.2, 0.25) is 0 Å². The van der Waals surface area contributed by atoms with E-state index in [1.165, 1.54) is 0 Å². The Morgan fingerprint density at radius 3 is 2.92 bits per heavy atom. The summed E-state index contributed by atoms with van der Waals surface area (Å²) >= 11 is 0. The normalized spacial score (nSPS) is 25.9. The predicted octanol–water partition coefficient (Wildman–Crippen LogP) is 0.353. The summed E-state index contributed by atoms with van der Waals surface area (Å²) in [4.78, 5) is 10.8. The van der Waals surface area contributed by atoms with Gasteiger partial charge in [0.15, 0.2) is 12.1 Å². The molecule has 0 spiro atoms. The van der Waals surface area contributed by atoms with E-state index >= 15 is 0 Å². The first kappa shape index (κ1) is 9.64. The molecule has 0 saturated carbocycles. The SMILES string of the molecule is CC(C)OC1COCC(=O)CO1. The minimum absolute atomic E-state index is 0.0372. The van der Waals surface area contributed by atoms with Crippen LogP contribution in [0.25, 0.3) is 0 Å². The third-order valence-corrected chi connectivity index (χ3v) is 1.37. The Kier molecular flexibility index (Phi) is 3.65. The molecule has 4 heteroatoms. The van der Waals surface area contributed by atoms with Crippen molar-refractivity contribution in [3.8, 4) is 0 Å². The van der Waals surface area contributed by atoms with E-state index in [0.29, 0.717) is 6.61 Å². The number of hydrogen-bond donors (Lipinski definition) is 0. The Bertz CT molecular complexity index is 155. The fraction of sp³-hybridized carbons (Fsp3) is 0.875. The molecule has 12 heavy (non-hydrogen) atoms. The summed E-state index contributed by atoms with van der Waals surface area (Å²) in [7, 11) is 0. The first-order valence-corrected chi connectivity index (χ1v) is 4.05. The second-order valence-corrected chi connectivity index (χ2v) is 2.98. The van der Waals surface area contributed by atoms with Crippen molar-refractivity contribution in [2.24, 2.45) is 0 Å². The molecule has 1 unspecified atom stereocenters. The average Bonchev–Trinajstić information content (AvgIpc) is 2.15. The van der Waals surface area contributed by atoms with E-state index in [1.54, 1.807) is 0 Å². The topological polar surface area (TPSA) is 44.8 Å². The largest absolute Gasteiger partial charge is 0.368 e. The van der Waals surface area contributed by atoms with Gasteiger partial charge >= 0.3 is 0 Å². The minimum atomic E-state index is -0.392. The molecule has 0 radical (unpaired) electrons. The lowest BCUT2D eigenvalue weighted by Crippen LogP contribution is -2.25. The molecule has 1 fully saturated rings. The molecular formula is C8H14O4. The van der Waals surface area contributed by atoms with E-state index in [9.17, 15) is 4.79 Å². The molecule has 0 amide bonds. The lowest BCUT2D eigenvalue weighted by atomic mass is 10.5. The molecule has 1 aliphatic rings. The molecule has 1 saturated heterocycles. The highest BCUT2D eigenvalue weighted by molar-refractivity contribution is 5.81. The number of rotatable bonds is 2. The highest BCUT2D eigenvalue weighted by Gasteiger charge is 2.18. The van der Waals surface area contributed by atoms with Crippen LogP contribution in [0.5, 0.6) is 0 Å². The first-order valence-electron chi connectivity index (χ1n) is 4.05. The van der Waals surface area contributed by atoms with Gasteiger partial charge in [0.25, 0.3) is 0 Å². The van der Waals surface area contributed by atoms with Crippen molar-refractivity contribution in [3.05, 3.63) is 0 Å². The monoisotopic (exact) mass is 174 g/mol. The molecule has 0 bridgehead atoms. The molecule has 1 atom stereocenters. The van der Waals surface area contributed by atoms with Gasteiger partial charge in [0, 0.05) is 0 Å². The van der Waals surface area contributed by atoms with E-state index in [0.717, 1.165) is 0 Å². The molecule has 1 rings (SSSR count). The van der Waals surface area contributed by atoms with Crippen molar-refractivity contribution in [1.29, 1.82) is 0 Å². The zero-order valence-electron chi connectivity index (χ0n) is 7.41. The summed E-state index contributed by atoms with van der Waals surface area (Å²) in [5.41, 5.74) is 0. The summed E-state index contributed by atoms with van der Waals surface area (Å²) in [6.07, 6.45) is -0.303. The van der Waals surface area contributed by atoms with E-state index in [2.05, 4.69) is 0 Å². The summed E-state index contributed by atoms with van der Waals surface area (Å²) in [6.45, 7) is 4.39. The van der Waals surface area contributed by atoms with Gasteiger partial charge in [-0.05, 0) is 13.8 Å². The molecule has 4 nitrogen and oxygen atoms in total. The Morgan fingerprint density at radius 1 is 1.50 bits per heavy atom. The van der Waals surface area contributed by atoms with Crippen LogP contribution in [0.15, 0.2) is 0 Å². The number of ether oxygens (including phenoxy) is 3. The highest BCUT2D eigenvalue weighted by Crippen LogP contribution is 2.04. The van der Waals surface area contributed by atoms with Crippen LogP contribution in [0.1, 0.15) is 13.8 Å². The van der Waals surface area contributed by atoms with Gasteiger partial charge < -0.3 is 14.2 Å². The summed E-state index contributed by atoms with van der Waals surface area (Å²) in [6, 6.07) is 0. The second-order valence-electron chi connectivity index (χ2n) is 2.98. The highest BCUT2D eigenvalue weighted by atomic mass is 16.7. The Balaban J connectivity index is 2.30. The molecular weight excluding hydrogens is 160 g/mol. The molecule has 0 aromatic rings. The zero-order chi connectivity index (χ0) is 8.97. The van der Waals surface area contributed by atoms with Crippen molar-refractivity contribution in [2.45, 2.75) is 26.2 Å². The first-order chi connectivity index (χ1) is 5.68. The van der Waals surface area contributed by atoms with Gasteiger partial charge in [-0.15, -0.1) is 0 Å². The van der Waals surface area contributed by atoms with E-state index in [4.69, 9.17) is 14.2 Å². The maximum Gasteiger partial charge on any atom is 0.184 e. The minimum Gasteiger partial charge on any atom is -0.368 e. The van der Waals surface area contributed by atoms with E-state index in [-0.39, 0.29) is 25.1 Å². The van der Waals surface area contributed by atoms with Crippen LogP contribution in [0.3, 0.4) is 0 Å². The molecule has 0 aliphatic carbocycles. The van der Waals surface area contributed by atoms with Crippen molar-refractivity contribution in [1.82, 2.24) is 0 Å². The molecule has 0 aromatic carbocycles. The third-order valence-electron chi connectivity index (χ3n) is 1.37. The van der Waals surface area contributed by atoms with Gasteiger partial charge in [-0.25, -0.2) is 0 Å². The van der Waals surface area contributed by atoms with Gasteiger partial charge in [0.2, 0.25) is 0 Å². The van der Waals surface area contributed by atoms with Gasteiger partial charge in [-0.1, -0.05) is 0 Å². The smallest absolute Gasteiger partial charge is 0.184 e. The van der Waals surface area contributed by atoms with Crippen LogP contribution in [-0.2, 0) is 19.0 Å². The molecule has 0 aromatic heterocycles. The summed E-state index contributed by atoms with van der Waals surface area (Å²) in [5, 5.41) is 0. The van der Waals surface area contributed by atoms with Gasteiger partial charge in [0.1, 0.15) is 13.2 Å². The van der Waals surface area contributed by atoms with Crippen LogP contribution in [0, 0.1) is 0 Å². The summed E-state index contributed by atoms with van der Waals surface area (Å²) in [5.74, 6) is -0.0372. The molecule has 1 heterocycles. The van der Waals surface area contributed by atoms with Crippen molar-refractivity contribution < 1.29 is 19.0 Å². The Labute approximate surface area is 71.8 Å².